The molecule has 1 heterocycles. The van der Waals surface area contributed by atoms with E-state index >= 15 is 0 Å². The number of carbonyl (C=O) groups is 1. The third-order valence-corrected chi connectivity index (χ3v) is 5.34. The molecule has 6 heteroatoms. The van der Waals surface area contributed by atoms with Crippen LogP contribution < -0.4 is 10.9 Å². The van der Waals surface area contributed by atoms with Crippen molar-refractivity contribution in [3.63, 3.8) is 0 Å². The molecule has 0 saturated heterocycles. The van der Waals surface area contributed by atoms with Gasteiger partial charge in [-0.15, -0.1) is 0 Å². The summed E-state index contributed by atoms with van der Waals surface area (Å²) in [5, 5.41) is 3.54. The first-order valence-corrected chi connectivity index (χ1v) is 10.2. The summed E-state index contributed by atoms with van der Waals surface area (Å²) in [6, 6.07) is 13.6. The van der Waals surface area contributed by atoms with Gasteiger partial charge < -0.3 is 5.32 Å². The van der Waals surface area contributed by atoms with Gasteiger partial charge in [0.25, 0.3) is 5.56 Å². The molecule has 2 aromatic carbocycles. The first-order chi connectivity index (χ1) is 13.3. The highest BCUT2D eigenvalue weighted by Gasteiger charge is 2.11. The Morgan fingerprint density at radius 2 is 1.79 bits per heavy atom. The predicted octanol–water partition coefficient (Wildman–Crippen LogP) is 4.55. The molecule has 3 rings (SSSR count). The Balaban J connectivity index is 1.63. The lowest BCUT2D eigenvalue weighted by molar-refractivity contribution is -0.121. The summed E-state index contributed by atoms with van der Waals surface area (Å²) in [6.07, 6.45) is 1.72. The largest absolute Gasteiger partial charge is 0.350 e. The average molecular weight is 442 g/mol. The number of nitrogens with zero attached hydrogens (tertiary/aromatic N) is 2. The van der Waals surface area contributed by atoms with Gasteiger partial charge in [0, 0.05) is 17.4 Å². The van der Waals surface area contributed by atoms with Gasteiger partial charge in [-0.3, -0.25) is 14.2 Å². The Labute approximate surface area is 172 Å². The summed E-state index contributed by atoms with van der Waals surface area (Å²) in [7, 11) is 0. The number of hydrogen-bond acceptors (Lipinski definition) is 3. The van der Waals surface area contributed by atoms with Crippen molar-refractivity contribution < 1.29 is 4.79 Å². The first kappa shape index (κ1) is 20.3. The number of halogens is 1. The number of rotatable bonds is 6. The lowest BCUT2D eigenvalue weighted by Gasteiger charge is -2.16. The summed E-state index contributed by atoms with van der Waals surface area (Å²) in [6.45, 7) is 6.56. The van der Waals surface area contributed by atoms with Gasteiger partial charge in [-0.05, 0) is 42.2 Å². The van der Waals surface area contributed by atoms with Gasteiger partial charge in [0.2, 0.25) is 5.91 Å². The van der Waals surface area contributed by atoms with Crippen LogP contribution in [-0.2, 0) is 11.3 Å². The van der Waals surface area contributed by atoms with E-state index in [1.54, 1.807) is 12.1 Å². The van der Waals surface area contributed by atoms with E-state index in [0.29, 0.717) is 23.4 Å². The van der Waals surface area contributed by atoms with E-state index in [1.165, 1.54) is 16.5 Å². The van der Waals surface area contributed by atoms with Crippen LogP contribution in [-0.4, -0.2) is 15.5 Å². The van der Waals surface area contributed by atoms with Gasteiger partial charge in [0.15, 0.2) is 0 Å². The molecule has 0 aliphatic heterocycles. The molecule has 1 aromatic heterocycles. The summed E-state index contributed by atoms with van der Waals surface area (Å²) in [4.78, 5) is 29.2. The van der Waals surface area contributed by atoms with Gasteiger partial charge >= 0.3 is 0 Å². The zero-order valence-corrected chi connectivity index (χ0v) is 17.9. The molecule has 146 valence electrons. The molecule has 1 unspecified atom stereocenters. The van der Waals surface area contributed by atoms with Crippen LogP contribution in [0.1, 0.15) is 50.3 Å². The lowest BCUT2D eigenvalue weighted by Crippen LogP contribution is -2.29. The molecule has 0 spiro atoms. The molecule has 3 aromatic rings. The third kappa shape index (κ3) is 4.68. The van der Waals surface area contributed by atoms with E-state index < -0.39 is 0 Å². The van der Waals surface area contributed by atoms with Crippen molar-refractivity contribution in [3.05, 3.63) is 74.7 Å². The standard InChI is InChI=1S/C22H24BrN3O2/c1-14(2)16-4-6-17(7-5-16)15(3)25-21(27)10-11-26-13-24-20-9-8-18(23)12-19(20)22(26)28/h4-9,12-15H,10-11H2,1-3H3,(H,25,27). The van der Waals surface area contributed by atoms with Crippen LogP contribution >= 0.6 is 15.9 Å². The average Bonchev–Trinajstić information content (AvgIpc) is 2.68. The van der Waals surface area contributed by atoms with Crippen LogP contribution in [0, 0.1) is 0 Å². The molecule has 1 N–H and O–H groups in total. The van der Waals surface area contributed by atoms with Crippen molar-refractivity contribution >= 4 is 32.7 Å². The molecule has 0 saturated carbocycles. The van der Waals surface area contributed by atoms with E-state index in [1.807, 2.05) is 13.0 Å². The molecule has 1 atom stereocenters. The molecular formula is C22H24BrN3O2. The van der Waals surface area contributed by atoms with Crippen molar-refractivity contribution in [1.82, 2.24) is 14.9 Å². The van der Waals surface area contributed by atoms with Gasteiger partial charge in [-0.1, -0.05) is 54.0 Å². The second-order valence-electron chi connectivity index (χ2n) is 7.27. The van der Waals surface area contributed by atoms with Crippen molar-refractivity contribution in [2.75, 3.05) is 0 Å². The maximum absolute atomic E-state index is 12.6. The van der Waals surface area contributed by atoms with Crippen LogP contribution in [0.25, 0.3) is 10.9 Å². The number of carbonyl (C=O) groups excluding carboxylic acids is 1. The lowest BCUT2D eigenvalue weighted by atomic mass is 9.99. The highest BCUT2D eigenvalue weighted by molar-refractivity contribution is 9.10. The second-order valence-corrected chi connectivity index (χ2v) is 8.18. The SMILES string of the molecule is CC(C)c1ccc(C(C)NC(=O)CCn2cnc3ccc(Br)cc3c2=O)cc1. The van der Waals surface area contributed by atoms with Crippen molar-refractivity contribution in [2.24, 2.45) is 0 Å². The number of benzene rings is 2. The monoisotopic (exact) mass is 441 g/mol. The number of aryl methyl sites for hydroxylation is 1. The Morgan fingerprint density at radius 1 is 1.11 bits per heavy atom. The molecular weight excluding hydrogens is 418 g/mol. The minimum atomic E-state index is -0.142. The first-order valence-electron chi connectivity index (χ1n) is 9.39. The van der Waals surface area contributed by atoms with E-state index in [9.17, 15) is 9.59 Å². The maximum Gasteiger partial charge on any atom is 0.261 e. The van der Waals surface area contributed by atoms with E-state index in [2.05, 4.69) is 64.3 Å². The zero-order chi connectivity index (χ0) is 20.3. The molecule has 0 fully saturated rings. The minimum absolute atomic E-state index is 0.0869. The minimum Gasteiger partial charge on any atom is -0.350 e. The maximum atomic E-state index is 12.6. The number of aromatic nitrogens is 2. The second kappa shape index (κ2) is 8.69. The number of fused-ring (bicyclic) bond motifs is 1. The smallest absolute Gasteiger partial charge is 0.261 e. The van der Waals surface area contributed by atoms with Crippen LogP contribution in [0.5, 0.6) is 0 Å². The third-order valence-electron chi connectivity index (χ3n) is 4.85. The van der Waals surface area contributed by atoms with Crippen LogP contribution in [0.2, 0.25) is 0 Å². The fourth-order valence-corrected chi connectivity index (χ4v) is 3.44. The van der Waals surface area contributed by atoms with E-state index in [4.69, 9.17) is 0 Å². The molecule has 0 aliphatic carbocycles. The Kier molecular flexibility index (Phi) is 6.29. The Hall–Kier alpha value is -2.47. The van der Waals surface area contributed by atoms with Crippen molar-refractivity contribution in [3.8, 4) is 0 Å². The number of nitrogens with one attached hydrogen (secondary N) is 1. The fraction of sp³-hybridized carbons (Fsp3) is 0.318. The molecule has 0 aliphatic rings. The zero-order valence-electron chi connectivity index (χ0n) is 16.3. The van der Waals surface area contributed by atoms with Gasteiger partial charge in [-0.25, -0.2) is 4.98 Å². The van der Waals surface area contributed by atoms with Gasteiger partial charge in [-0.2, -0.15) is 0 Å². The molecule has 0 bridgehead atoms. The molecule has 1 amide bonds. The van der Waals surface area contributed by atoms with Gasteiger partial charge in [0.1, 0.15) is 0 Å². The van der Waals surface area contributed by atoms with Crippen LogP contribution in [0.15, 0.2) is 58.1 Å². The quantitative estimate of drug-likeness (QED) is 0.609. The molecule has 0 radical (unpaired) electrons. The Bertz CT molecular complexity index is 1040. The van der Waals surface area contributed by atoms with Crippen LogP contribution in [0.4, 0.5) is 0 Å². The van der Waals surface area contributed by atoms with Crippen LogP contribution in [0.3, 0.4) is 0 Å². The predicted molar refractivity (Wildman–Crippen MR) is 115 cm³/mol. The highest BCUT2D eigenvalue weighted by atomic mass is 79.9. The molecule has 5 nitrogen and oxygen atoms in total. The fourth-order valence-electron chi connectivity index (χ4n) is 3.08. The molecule has 28 heavy (non-hydrogen) atoms. The Morgan fingerprint density at radius 3 is 2.46 bits per heavy atom. The van der Waals surface area contributed by atoms with Crippen molar-refractivity contribution in [1.29, 1.82) is 0 Å². The summed E-state index contributed by atoms with van der Waals surface area (Å²) >= 11 is 3.37. The summed E-state index contributed by atoms with van der Waals surface area (Å²) in [5.41, 5.74) is 2.84. The highest BCUT2D eigenvalue weighted by Crippen LogP contribution is 2.19. The van der Waals surface area contributed by atoms with E-state index in [-0.39, 0.29) is 23.9 Å². The van der Waals surface area contributed by atoms with Gasteiger partial charge in [0.05, 0.1) is 23.3 Å². The number of hydrogen-bond donors (Lipinski definition) is 1. The topological polar surface area (TPSA) is 64.0 Å². The summed E-state index contributed by atoms with van der Waals surface area (Å²) in [5.74, 6) is 0.384. The van der Waals surface area contributed by atoms with Crippen molar-refractivity contribution in [2.45, 2.75) is 45.7 Å². The summed E-state index contributed by atoms with van der Waals surface area (Å²) < 4.78 is 2.31. The van der Waals surface area contributed by atoms with E-state index in [0.717, 1.165) is 10.0 Å². The normalized spacial score (nSPS) is 12.3. The number of amides is 1.